The molecule has 0 bridgehead atoms. The maximum absolute atomic E-state index is 12.1. The SMILES string of the molecule is CCOC(C)(CC)C(=O)CCc1nccn1C. The van der Waals surface area contributed by atoms with Gasteiger partial charge in [-0.2, -0.15) is 0 Å². The Morgan fingerprint density at radius 3 is 2.71 bits per heavy atom. The molecule has 4 heteroatoms. The predicted octanol–water partition coefficient (Wildman–Crippen LogP) is 2.13. The van der Waals surface area contributed by atoms with Crippen LogP contribution in [0, 0.1) is 0 Å². The molecule has 17 heavy (non-hydrogen) atoms. The number of aryl methyl sites for hydroxylation is 2. The minimum absolute atomic E-state index is 0.157. The molecule has 0 fully saturated rings. The highest BCUT2D eigenvalue weighted by Gasteiger charge is 2.31. The van der Waals surface area contributed by atoms with Gasteiger partial charge in [0.25, 0.3) is 0 Å². The van der Waals surface area contributed by atoms with Gasteiger partial charge in [-0.1, -0.05) is 6.92 Å². The molecule has 0 aromatic carbocycles. The topological polar surface area (TPSA) is 44.1 Å². The number of ether oxygens (including phenoxy) is 1. The van der Waals surface area contributed by atoms with E-state index in [1.165, 1.54) is 0 Å². The van der Waals surface area contributed by atoms with Crippen LogP contribution in [0.5, 0.6) is 0 Å². The molecule has 0 saturated carbocycles. The van der Waals surface area contributed by atoms with E-state index in [1.807, 2.05) is 38.6 Å². The van der Waals surface area contributed by atoms with Crippen molar-refractivity contribution in [3.8, 4) is 0 Å². The number of rotatable bonds is 7. The van der Waals surface area contributed by atoms with Crippen molar-refractivity contribution in [2.45, 2.75) is 45.6 Å². The van der Waals surface area contributed by atoms with E-state index in [4.69, 9.17) is 4.74 Å². The fraction of sp³-hybridized carbons (Fsp3) is 0.692. The highest BCUT2D eigenvalue weighted by molar-refractivity contribution is 5.87. The van der Waals surface area contributed by atoms with Gasteiger partial charge >= 0.3 is 0 Å². The number of ketones is 1. The second-order valence-corrected chi connectivity index (χ2v) is 4.39. The first-order valence-electron chi connectivity index (χ1n) is 6.17. The first kappa shape index (κ1) is 13.9. The fourth-order valence-corrected chi connectivity index (χ4v) is 1.83. The Kier molecular flexibility index (Phi) is 4.87. The summed E-state index contributed by atoms with van der Waals surface area (Å²) in [5, 5.41) is 0. The number of hydrogen-bond donors (Lipinski definition) is 0. The van der Waals surface area contributed by atoms with Crippen molar-refractivity contribution >= 4 is 5.78 Å². The van der Waals surface area contributed by atoms with Gasteiger partial charge in [0.05, 0.1) is 0 Å². The van der Waals surface area contributed by atoms with E-state index in [0.717, 1.165) is 5.82 Å². The summed E-state index contributed by atoms with van der Waals surface area (Å²) in [6.45, 7) is 6.34. The standard InChI is InChI=1S/C13H22N2O2/c1-5-13(3,17-6-2)11(16)7-8-12-14-9-10-15(12)4/h9-10H,5-8H2,1-4H3. The van der Waals surface area contributed by atoms with Crippen molar-refractivity contribution < 1.29 is 9.53 Å². The van der Waals surface area contributed by atoms with Gasteiger partial charge in [0.2, 0.25) is 0 Å². The van der Waals surface area contributed by atoms with E-state index in [0.29, 0.717) is 25.9 Å². The summed E-state index contributed by atoms with van der Waals surface area (Å²) in [6, 6.07) is 0. The lowest BCUT2D eigenvalue weighted by Gasteiger charge is -2.26. The van der Waals surface area contributed by atoms with Gasteiger partial charge in [-0.05, 0) is 20.3 Å². The molecule has 0 N–H and O–H groups in total. The summed E-state index contributed by atoms with van der Waals surface area (Å²) in [5.41, 5.74) is -0.639. The van der Waals surface area contributed by atoms with Crippen LogP contribution < -0.4 is 0 Å². The molecule has 1 heterocycles. The molecule has 0 aliphatic rings. The third kappa shape index (κ3) is 3.40. The number of Topliss-reactive ketones (excluding diaryl/α,β-unsaturated/α-hetero) is 1. The second kappa shape index (κ2) is 5.96. The lowest BCUT2D eigenvalue weighted by molar-refractivity contribution is -0.142. The number of aromatic nitrogens is 2. The average molecular weight is 238 g/mol. The van der Waals surface area contributed by atoms with Crippen LogP contribution in [0.15, 0.2) is 12.4 Å². The van der Waals surface area contributed by atoms with Crippen molar-refractivity contribution in [2.24, 2.45) is 7.05 Å². The summed E-state index contributed by atoms with van der Waals surface area (Å²) in [6.07, 6.45) is 5.50. The smallest absolute Gasteiger partial charge is 0.164 e. The van der Waals surface area contributed by atoms with Gasteiger partial charge in [-0.25, -0.2) is 4.98 Å². The normalized spacial score (nSPS) is 14.6. The van der Waals surface area contributed by atoms with E-state index in [9.17, 15) is 4.79 Å². The van der Waals surface area contributed by atoms with Crippen LogP contribution in [-0.4, -0.2) is 27.5 Å². The zero-order valence-corrected chi connectivity index (χ0v) is 11.2. The molecule has 0 aliphatic heterocycles. The largest absolute Gasteiger partial charge is 0.368 e. The number of hydrogen-bond acceptors (Lipinski definition) is 3. The highest BCUT2D eigenvalue weighted by atomic mass is 16.5. The van der Waals surface area contributed by atoms with E-state index in [2.05, 4.69) is 4.98 Å². The zero-order valence-electron chi connectivity index (χ0n) is 11.2. The number of carbonyl (C=O) groups is 1. The van der Waals surface area contributed by atoms with Gasteiger partial charge in [0, 0.05) is 38.9 Å². The minimum atomic E-state index is -0.639. The van der Waals surface area contributed by atoms with Gasteiger partial charge in [-0.15, -0.1) is 0 Å². The molecule has 1 aromatic rings. The van der Waals surface area contributed by atoms with Crippen LogP contribution in [-0.2, 0) is 23.0 Å². The van der Waals surface area contributed by atoms with E-state index in [-0.39, 0.29) is 5.78 Å². The van der Waals surface area contributed by atoms with E-state index in [1.54, 1.807) is 6.20 Å². The fourth-order valence-electron chi connectivity index (χ4n) is 1.83. The summed E-state index contributed by atoms with van der Waals surface area (Å²) in [5.74, 6) is 1.10. The minimum Gasteiger partial charge on any atom is -0.368 e. The molecule has 0 aliphatic carbocycles. The van der Waals surface area contributed by atoms with Crippen LogP contribution in [0.2, 0.25) is 0 Å². The Hall–Kier alpha value is -1.16. The molecule has 0 spiro atoms. The first-order valence-corrected chi connectivity index (χ1v) is 6.17. The summed E-state index contributed by atoms with van der Waals surface area (Å²) < 4.78 is 7.51. The van der Waals surface area contributed by atoms with Crippen LogP contribution in [0.1, 0.15) is 39.4 Å². The molecule has 1 unspecified atom stereocenters. The molecular formula is C13H22N2O2. The molecule has 0 saturated heterocycles. The quantitative estimate of drug-likeness (QED) is 0.731. The second-order valence-electron chi connectivity index (χ2n) is 4.39. The molecule has 1 atom stereocenters. The van der Waals surface area contributed by atoms with Gasteiger partial charge in [-0.3, -0.25) is 4.79 Å². The zero-order chi connectivity index (χ0) is 12.9. The number of imidazole rings is 1. The van der Waals surface area contributed by atoms with Crippen molar-refractivity contribution in [3.63, 3.8) is 0 Å². The Morgan fingerprint density at radius 2 is 2.24 bits per heavy atom. The third-order valence-electron chi connectivity index (χ3n) is 3.22. The van der Waals surface area contributed by atoms with Crippen molar-refractivity contribution in [3.05, 3.63) is 18.2 Å². The van der Waals surface area contributed by atoms with Crippen LogP contribution in [0.3, 0.4) is 0 Å². The monoisotopic (exact) mass is 238 g/mol. The summed E-state index contributed by atoms with van der Waals surface area (Å²) in [4.78, 5) is 16.3. The van der Waals surface area contributed by atoms with E-state index >= 15 is 0 Å². The number of nitrogens with zero attached hydrogens (tertiary/aromatic N) is 2. The Morgan fingerprint density at radius 1 is 1.53 bits per heavy atom. The van der Waals surface area contributed by atoms with Crippen molar-refractivity contribution in [2.75, 3.05) is 6.61 Å². The first-order chi connectivity index (χ1) is 8.03. The molecule has 0 amide bonds. The van der Waals surface area contributed by atoms with Gasteiger partial charge in [0.15, 0.2) is 5.78 Å². The maximum atomic E-state index is 12.1. The lowest BCUT2D eigenvalue weighted by Crippen LogP contribution is -2.38. The molecule has 96 valence electrons. The van der Waals surface area contributed by atoms with Crippen LogP contribution in [0.4, 0.5) is 0 Å². The summed E-state index contributed by atoms with van der Waals surface area (Å²) >= 11 is 0. The predicted molar refractivity (Wildman–Crippen MR) is 66.9 cm³/mol. The molecule has 4 nitrogen and oxygen atoms in total. The van der Waals surface area contributed by atoms with Crippen molar-refractivity contribution in [1.29, 1.82) is 0 Å². The van der Waals surface area contributed by atoms with Gasteiger partial charge < -0.3 is 9.30 Å². The van der Waals surface area contributed by atoms with Crippen LogP contribution in [0.25, 0.3) is 0 Å². The third-order valence-corrected chi connectivity index (χ3v) is 3.22. The van der Waals surface area contributed by atoms with Crippen molar-refractivity contribution in [1.82, 2.24) is 9.55 Å². The molecule has 1 aromatic heterocycles. The van der Waals surface area contributed by atoms with Gasteiger partial charge in [0.1, 0.15) is 11.4 Å². The maximum Gasteiger partial charge on any atom is 0.164 e. The highest BCUT2D eigenvalue weighted by Crippen LogP contribution is 2.19. The molecule has 1 rings (SSSR count). The summed E-state index contributed by atoms with van der Waals surface area (Å²) in [7, 11) is 1.94. The molecular weight excluding hydrogens is 216 g/mol. The molecule has 0 radical (unpaired) electrons. The lowest BCUT2D eigenvalue weighted by atomic mass is 9.94. The Bertz CT molecular complexity index is 373. The Balaban J connectivity index is 2.57. The van der Waals surface area contributed by atoms with Crippen LogP contribution >= 0.6 is 0 Å². The number of carbonyl (C=O) groups excluding carboxylic acids is 1. The average Bonchev–Trinajstić information content (AvgIpc) is 2.72. The Labute approximate surface area is 103 Å². The van der Waals surface area contributed by atoms with E-state index < -0.39 is 5.60 Å².